The number of nitrogens with zero attached hydrogens (tertiary/aromatic N) is 1. The van der Waals surface area contributed by atoms with Crippen molar-refractivity contribution in [3.8, 4) is 0 Å². The number of aromatic nitrogens is 1. The van der Waals surface area contributed by atoms with E-state index in [1.807, 2.05) is 19.1 Å². The summed E-state index contributed by atoms with van der Waals surface area (Å²) >= 11 is 0. The number of alkyl halides is 3. The molecule has 0 aliphatic rings. The van der Waals surface area contributed by atoms with Crippen LogP contribution < -0.4 is 5.32 Å². The van der Waals surface area contributed by atoms with Crippen LogP contribution >= 0.6 is 0 Å². The molecular weight excluding hydrogens is 233 g/mol. The number of halogens is 3. The molecule has 3 nitrogen and oxygen atoms in total. The Hall–Kier alpha value is -1.14. The number of nitrogens with one attached hydrogen (secondary N) is 1. The summed E-state index contributed by atoms with van der Waals surface area (Å²) in [5.41, 5.74) is 1.92. The van der Waals surface area contributed by atoms with Crippen LogP contribution in [0, 0.1) is 6.92 Å². The summed E-state index contributed by atoms with van der Waals surface area (Å²) in [6.07, 6.45) is -2.50. The van der Waals surface area contributed by atoms with E-state index in [1.54, 1.807) is 6.20 Å². The van der Waals surface area contributed by atoms with Gasteiger partial charge in [0.25, 0.3) is 0 Å². The molecule has 1 aromatic rings. The molecular formula is C11H15F3N2O. The minimum absolute atomic E-state index is 0.0331. The lowest BCUT2D eigenvalue weighted by molar-refractivity contribution is -0.173. The van der Waals surface area contributed by atoms with Gasteiger partial charge in [-0.2, -0.15) is 13.2 Å². The van der Waals surface area contributed by atoms with Gasteiger partial charge in [-0.1, -0.05) is 6.07 Å². The zero-order valence-corrected chi connectivity index (χ0v) is 9.55. The average molecular weight is 248 g/mol. The van der Waals surface area contributed by atoms with E-state index in [-0.39, 0.29) is 6.61 Å². The van der Waals surface area contributed by atoms with Crippen LogP contribution in [0.4, 0.5) is 13.2 Å². The van der Waals surface area contributed by atoms with Crippen LogP contribution in [-0.4, -0.2) is 30.9 Å². The lowest BCUT2D eigenvalue weighted by Gasteiger charge is -2.08. The van der Waals surface area contributed by atoms with E-state index in [0.717, 1.165) is 11.3 Å². The molecule has 0 amide bonds. The third-order valence-electron chi connectivity index (χ3n) is 1.97. The fraction of sp³-hybridized carbons (Fsp3) is 0.545. The van der Waals surface area contributed by atoms with Crippen LogP contribution in [0.25, 0.3) is 0 Å². The predicted molar refractivity (Wildman–Crippen MR) is 57.6 cm³/mol. The van der Waals surface area contributed by atoms with Gasteiger partial charge in [0.05, 0.1) is 12.3 Å². The van der Waals surface area contributed by atoms with E-state index in [2.05, 4.69) is 15.0 Å². The van der Waals surface area contributed by atoms with Gasteiger partial charge in [-0.15, -0.1) is 0 Å². The van der Waals surface area contributed by atoms with Crippen LogP contribution in [0.1, 0.15) is 11.3 Å². The van der Waals surface area contributed by atoms with Gasteiger partial charge in [0.2, 0.25) is 0 Å². The number of hydrogen-bond acceptors (Lipinski definition) is 3. The topological polar surface area (TPSA) is 34.1 Å². The molecule has 1 N–H and O–H groups in total. The maximum Gasteiger partial charge on any atom is 0.411 e. The molecule has 0 spiro atoms. The molecule has 0 fully saturated rings. The molecule has 0 radical (unpaired) electrons. The molecule has 1 heterocycles. The molecule has 96 valence electrons. The van der Waals surface area contributed by atoms with E-state index in [4.69, 9.17) is 0 Å². The minimum Gasteiger partial charge on any atom is -0.371 e. The third-order valence-corrected chi connectivity index (χ3v) is 1.97. The van der Waals surface area contributed by atoms with Gasteiger partial charge in [-0.25, -0.2) is 0 Å². The van der Waals surface area contributed by atoms with Crippen molar-refractivity contribution in [2.45, 2.75) is 19.6 Å². The first-order valence-corrected chi connectivity index (χ1v) is 5.24. The molecule has 1 aromatic heterocycles. The highest BCUT2D eigenvalue weighted by Gasteiger charge is 2.27. The van der Waals surface area contributed by atoms with E-state index < -0.39 is 12.8 Å². The molecule has 0 aliphatic carbocycles. The summed E-state index contributed by atoms with van der Waals surface area (Å²) in [6.45, 7) is 1.67. The van der Waals surface area contributed by atoms with E-state index in [9.17, 15) is 13.2 Å². The van der Waals surface area contributed by atoms with Gasteiger partial charge in [0, 0.05) is 19.3 Å². The number of aryl methyl sites for hydroxylation is 1. The molecule has 0 aromatic carbocycles. The average Bonchev–Trinajstić information content (AvgIpc) is 2.24. The van der Waals surface area contributed by atoms with Gasteiger partial charge >= 0.3 is 6.18 Å². The van der Waals surface area contributed by atoms with E-state index in [0.29, 0.717) is 13.1 Å². The highest BCUT2D eigenvalue weighted by molar-refractivity contribution is 5.11. The van der Waals surface area contributed by atoms with Crippen LogP contribution in [0.2, 0.25) is 0 Å². The number of pyridine rings is 1. The normalized spacial score (nSPS) is 11.8. The maximum absolute atomic E-state index is 11.7. The van der Waals surface area contributed by atoms with E-state index >= 15 is 0 Å². The summed E-state index contributed by atoms with van der Waals surface area (Å²) in [4.78, 5) is 4.15. The van der Waals surface area contributed by atoms with Crippen molar-refractivity contribution in [1.29, 1.82) is 0 Å². The largest absolute Gasteiger partial charge is 0.411 e. The lowest BCUT2D eigenvalue weighted by atomic mass is 10.3. The first-order chi connectivity index (χ1) is 7.97. The molecule has 17 heavy (non-hydrogen) atoms. The Labute approximate surface area is 98.0 Å². The van der Waals surface area contributed by atoms with Crippen molar-refractivity contribution < 1.29 is 17.9 Å². The van der Waals surface area contributed by atoms with Gasteiger partial charge in [-0.3, -0.25) is 4.98 Å². The predicted octanol–water partition coefficient (Wildman–Crippen LogP) is 2.06. The Kier molecular flexibility index (Phi) is 5.37. The van der Waals surface area contributed by atoms with Gasteiger partial charge < -0.3 is 10.1 Å². The van der Waals surface area contributed by atoms with Crippen molar-refractivity contribution in [2.75, 3.05) is 19.8 Å². The summed E-state index contributed by atoms with van der Waals surface area (Å²) in [5, 5.41) is 2.95. The maximum atomic E-state index is 11.7. The summed E-state index contributed by atoms with van der Waals surface area (Å²) in [7, 11) is 0. The fourth-order valence-electron chi connectivity index (χ4n) is 1.15. The van der Waals surface area contributed by atoms with Crippen molar-refractivity contribution in [3.63, 3.8) is 0 Å². The molecule has 0 saturated carbocycles. The molecule has 6 heteroatoms. The second-order valence-corrected chi connectivity index (χ2v) is 3.67. The Balaban J connectivity index is 2.07. The lowest BCUT2D eigenvalue weighted by Crippen LogP contribution is -2.23. The quantitative estimate of drug-likeness (QED) is 0.782. The number of hydrogen-bond donors (Lipinski definition) is 1. The summed E-state index contributed by atoms with van der Waals surface area (Å²) < 4.78 is 39.6. The summed E-state index contributed by atoms with van der Waals surface area (Å²) in [5.74, 6) is 0. The van der Waals surface area contributed by atoms with Crippen molar-refractivity contribution in [3.05, 3.63) is 29.6 Å². The van der Waals surface area contributed by atoms with E-state index in [1.165, 1.54) is 0 Å². The molecule has 0 bridgehead atoms. The monoisotopic (exact) mass is 248 g/mol. The van der Waals surface area contributed by atoms with Crippen LogP contribution in [0.15, 0.2) is 18.3 Å². The smallest absolute Gasteiger partial charge is 0.371 e. The van der Waals surface area contributed by atoms with Crippen LogP contribution in [-0.2, 0) is 11.3 Å². The van der Waals surface area contributed by atoms with Crippen molar-refractivity contribution in [2.24, 2.45) is 0 Å². The minimum atomic E-state index is -4.25. The molecule has 0 unspecified atom stereocenters. The molecule has 0 saturated heterocycles. The van der Waals surface area contributed by atoms with Gasteiger partial charge in [0.15, 0.2) is 0 Å². The second-order valence-electron chi connectivity index (χ2n) is 3.67. The van der Waals surface area contributed by atoms with Gasteiger partial charge in [-0.05, 0) is 18.6 Å². The molecule has 0 aliphatic heterocycles. The second kappa shape index (κ2) is 6.56. The Morgan fingerprint density at radius 1 is 1.35 bits per heavy atom. The van der Waals surface area contributed by atoms with Crippen molar-refractivity contribution >= 4 is 0 Å². The highest BCUT2D eigenvalue weighted by Crippen LogP contribution is 2.13. The standard InChI is InChI=1S/C11H15F3N2O/c1-9-2-3-10(16-6-9)7-15-4-5-17-8-11(12,13)14/h2-3,6,15H,4-5,7-8H2,1H3. The zero-order valence-electron chi connectivity index (χ0n) is 9.55. The Morgan fingerprint density at radius 2 is 2.12 bits per heavy atom. The Bertz CT molecular complexity index is 324. The first-order valence-electron chi connectivity index (χ1n) is 5.24. The Morgan fingerprint density at radius 3 is 2.71 bits per heavy atom. The molecule has 1 rings (SSSR count). The summed E-state index contributed by atoms with van der Waals surface area (Å²) in [6, 6.07) is 3.81. The number of ether oxygens (including phenoxy) is 1. The van der Waals surface area contributed by atoms with Crippen LogP contribution in [0.5, 0.6) is 0 Å². The molecule has 0 atom stereocenters. The van der Waals surface area contributed by atoms with Crippen molar-refractivity contribution in [1.82, 2.24) is 10.3 Å². The number of rotatable bonds is 6. The third kappa shape index (κ3) is 6.91. The SMILES string of the molecule is Cc1ccc(CNCCOCC(F)(F)F)nc1. The van der Waals surface area contributed by atoms with Crippen LogP contribution in [0.3, 0.4) is 0 Å². The fourth-order valence-corrected chi connectivity index (χ4v) is 1.15. The highest BCUT2D eigenvalue weighted by atomic mass is 19.4. The zero-order chi connectivity index (χ0) is 12.7. The van der Waals surface area contributed by atoms with Gasteiger partial charge in [0.1, 0.15) is 6.61 Å². The first kappa shape index (κ1) is 13.9.